The predicted octanol–water partition coefficient (Wildman–Crippen LogP) is 5.65. The smallest absolute Gasteiger partial charge is 0.0568 e. The third kappa shape index (κ3) is 5.39. The van der Waals surface area contributed by atoms with Crippen molar-refractivity contribution >= 4 is 11.3 Å². The van der Waals surface area contributed by atoms with Crippen molar-refractivity contribution in [3.63, 3.8) is 0 Å². The van der Waals surface area contributed by atoms with Crippen LogP contribution >= 0.6 is 0 Å². The predicted molar refractivity (Wildman–Crippen MR) is 118 cm³/mol. The van der Waals surface area contributed by atoms with Gasteiger partial charge in [-0.3, -0.25) is 14.8 Å². The average molecular weight is 376 g/mol. The number of nitrogens with one attached hydrogen (secondary N) is 1. The van der Waals surface area contributed by atoms with Crippen molar-refractivity contribution in [2.75, 3.05) is 0 Å². The van der Waals surface area contributed by atoms with E-state index in [-0.39, 0.29) is 0 Å². The van der Waals surface area contributed by atoms with Gasteiger partial charge in [-0.25, -0.2) is 0 Å². The first-order valence-corrected chi connectivity index (χ1v) is 9.47. The summed E-state index contributed by atoms with van der Waals surface area (Å²) in [6, 6.07) is 8.32. The van der Waals surface area contributed by atoms with Crippen molar-refractivity contribution in [1.82, 2.24) is 20.0 Å². The molecule has 5 nitrogen and oxygen atoms in total. The third-order valence-corrected chi connectivity index (χ3v) is 4.06. The van der Waals surface area contributed by atoms with Crippen LogP contribution in [0, 0.1) is 0 Å². The topological polar surface area (TPSA) is 58.9 Å². The van der Waals surface area contributed by atoms with Gasteiger partial charge in [0, 0.05) is 47.6 Å². The van der Waals surface area contributed by atoms with E-state index in [1.165, 1.54) is 6.42 Å². The number of aliphatic imine (C=N–C) groups is 1. The fourth-order valence-electron chi connectivity index (χ4n) is 2.74. The molecule has 0 amide bonds. The SMILES string of the molecule is C=C/C(=C(/C)N=C(C)c1cccc(-c2cnn(C)c2)c1)c1cn[nH]c1.CCC. The van der Waals surface area contributed by atoms with Crippen LogP contribution in [0.15, 0.2) is 72.4 Å². The van der Waals surface area contributed by atoms with Gasteiger partial charge in [0.05, 0.1) is 12.4 Å². The van der Waals surface area contributed by atoms with E-state index in [9.17, 15) is 0 Å². The Balaban J connectivity index is 0.000000878. The van der Waals surface area contributed by atoms with Gasteiger partial charge in [0.2, 0.25) is 0 Å². The summed E-state index contributed by atoms with van der Waals surface area (Å²) in [4.78, 5) is 4.78. The molecule has 0 saturated heterocycles. The zero-order valence-electron chi connectivity index (χ0n) is 17.4. The van der Waals surface area contributed by atoms with Gasteiger partial charge in [-0.15, -0.1) is 0 Å². The molecule has 0 radical (unpaired) electrons. The summed E-state index contributed by atoms with van der Waals surface area (Å²) >= 11 is 0. The average Bonchev–Trinajstić information content (AvgIpc) is 3.35. The first kappa shape index (κ1) is 21.1. The van der Waals surface area contributed by atoms with Crippen molar-refractivity contribution in [3.8, 4) is 11.1 Å². The highest BCUT2D eigenvalue weighted by Crippen LogP contribution is 2.22. The maximum atomic E-state index is 4.78. The van der Waals surface area contributed by atoms with E-state index in [2.05, 4.69) is 53.9 Å². The minimum absolute atomic E-state index is 0.903. The Morgan fingerprint density at radius 1 is 1.18 bits per heavy atom. The quantitative estimate of drug-likeness (QED) is 0.462. The minimum Gasteiger partial charge on any atom is -0.285 e. The molecular formula is C23H29N5. The molecule has 146 valence electrons. The molecule has 3 rings (SSSR count). The second kappa shape index (κ2) is 10.2. The first-order chi connectivity index (χ1) is 13.5. The molecule has 2 aromatic heterocycles. The number of aromatic amines is 1. The van der Waals surface area contributed by atoms with Crippen molar-refractivity contribution in [2.45, 2.75) is 34.1 Å². The second-order valence-electron chi connectivity index (χ2n) is 6.58. The molecule has 0 aliphatic carbocycles. The maximum absolute atomic E-state index is 4.78. The second-order valence-corrected chi connectivity index (χ2v) is 6.58. The third-order valence-electron chi connectivity index (χ3n) is 4.06. The van der Waals surface area contributed by atoms with Gasteiger partial charge in [-0.2, -0.15) is 10.2 Å². The van der Waals surface area contributed by atoms with Crippen LogP contribution in [0.1, 0.15) is 45.2 Å². The van der Waals surface area contributed by atoms with Gasteiger partial charge in [-0.05, 0) is 31.0 Å². The van der Waals surface area contributed by atoms with Crippen LogP contribution in [0.5, 0.6) is 0 Å². The summed E-state index contributed by atoms with van der Waals surface area (Å²) in [6.45, 7) is 12.1. The van der Waals surface area contributed by atoms with Gasteiger partial charge in [-0.1, -0.05) is 51.1 Å². The number of hydrogen-bond acceptors (Lipinski definition) is 3. The fourth-order valence-corrected chi connectivity index (χ4v) is 2.74. The number of nitrogens with zero attached hydrogens (tertiary/aromatic N) is 4. The lowest BCUT2D eigenvalue weighted by Gasteiger charge is -2.06. The van der Waals surface area contributed by atoms with E-state index in [1.807, 2.05) is 51.6 Å². The molecule has 0 atom stereocenters. The molecule has 1 N–H and O–H groups in total. The Morgan fingerprint density at radius 3 is 2.50 bits per heavy atom. The summed E-state index contributed by atoms with van der Waals surface area (Å²) in [5.41, 5.74) is 7.10. The fraction of sp³-hybridized carbons (Fsp3) is 0.261. The summed E-state index contributed by atoms with van der Waals surface area (Å²) in [6.07, 6.45) is 10.5. The van der Waals surface area contributed by atoms with Crippen LogP contribution in [0.2, 0.25) is 0 Å². The van der Waals surface area contributed by atoms with E-state index in [0.29, 0.717) is 0 Å². The zero-order chi connectivity index (χ0) is 20.5. The minimum atomic E-state index is 0.903. The van der Waals surface area contributed by atoms with E-state index in [0.717, 1.165) is 39.2 Å². The molecule has 2 heterocycles. The molecule has 0 fully saturated rings. The summed E-state index contributed by atoms with van der Waals surface area (Å²) in [5, 5.41) is 11.1. The Kier molecular flexibility index (Phi) is 7.69. The molecule has 0 aliphatic heterocycles. The first-order valence-electron chi connectivity index (χ1n) is 9.47. The van der Waals surface area contributed by atoms with Gasteiger partial charge >= 0.3 is 0 Å². The van der Waals surface area contributed by atoms with E-state index in [1.54, 1.807) is 10.9 Å². The van der Waals surface area contributed by atoms with Crippen molar-refractivity contribution < 1.29 is 0 Å². The van der Waals surface area contributed by atoms with E-state index < -0.39 is 0 Å². The maximum Gasteiger partial charge on any atom is 0.0568 e. The molecule has 1 aromatic carbocycles. The molecule has 28 heavy (non-hydrogen) atoms. The lowest BCUT2D eigenvalue weighted by atomic mass is 10.0. The normalized spacial score (nSPS) is 12.1. The van der Waals surface area contributed by atoms with Gasteiger partial charge in [0.25, 0.3) is 0 Å². The van der Waals surface area contributed by atoms with Crippen LogP contribution in [0.3, 0.4) is 0 Å². The molecule has 0 aliphatic rings. The van der Waals surface area contributed by atoms with Crippen molar-refractivity contribution in [1.29, 1.82) is 0 Å². The Labute approximate surface area is 167 Å². The standard InChI is InChI=1S/C20H21N5.C3H8/c1-5-20(18-10-21-22-11-18)15(3)24-14(2)16-7-6-8-17(9-16)19-12-23-25(4)13-19;1-3-2/h5-13H,1H2,2-4H3,(H,21,22);3H2,1-2H3/b20-15+,24-14?;. The number of benzene rings is 1. The van der Waals surface area contributed by atoms with Gasteiger partial charge in [0.15, 0.2) is 0 Å². The molecule has 0 spiro atoms. The van der Waals surface area contributed by atoms with E-state index >= 15 is 0 Å². The van der Waals surface area contributed by atoms with Crippen LogP contribution in [-0.2, 0) is 7.05 Å². The lowest BCUT2D eigenvalue weighted by molar-refractivity contribution is 0.768. The van der Waals surface area contributed by atoms with Gasteiger partial charge in [0.1, 0.15) is 0 Å². The summed E-state index contributed by atoms with van der Waals surface area (Å²) < 4.78 is 1.80. The Bertz CT molecular complexity index is 959. The largest absolute Gasteiger partial charge is 0.285 e. The highest BCUT2D eigenvalue weighted by atomic mass is 15.2. The van der Waals surface area contributed by atoms with Crippen molar-refractivity contribution in [2.24, 2.45) is 12.0 Å². The Morgan fingerprint density at radius 2 is 1.93 bits per heavy atom. The molecule has 5 heteroatoms. The molecule has 0 saturated carbocycles. The van der Waals surface area contributed by atoms with Crippen LogP contribution in [0.4, 0.5) is 0 Å². The van der Waals surface area contributed by atoms with Crippen LogP contribution in [0.25, 0.3) is 16.7 Å². The van der Waals surface area contributed by atoms with Crippen LogP contribution in [-0.4, -0.2) is 25.7 Å². The number of hydrogen-bond donors (Lipinski definition) is 1. The van der Waals surface area contributed by atoms with Crippen molar-refractivity contribution in [3.05, 3.63) is 78.5 Å². The Hall–Kier alpha value is -3.21. The number of aromatic nitrogens is 4. The molecule has 3 aromatic rings. The molecular weight excluding hydrogens is 346 g/mol. The highest BCUT2D eigenvalue weighted by Gasteiger charge is 2.06. The molecule has 0 unspecified atom stereocenters. The summed E-state index contributed by atoms with van der Waals surface area (Å²) in [7, 11) is 1.92. The monoisotopic (exact) mass is 375 g/mol. The number of aryl methyl sites for hydroxylation is 1. The van der Waals surface area contributed by atoms with Gasteiger partial charge < -0.3 is 0 Å². The zero-order valence-corrected chi connectivity index (χ0v) is 17.4. The number of rotatable bonds is 5. The van der Waals surface area contributed by atoms with Crippen LogP contribution < -0.4 is 0 Å². The highest BCUT2D eigenvalue weighted by molar-refractivity contribution is 6.00. The summed E-state index contributed by atoms with van der Waals surface area (Å²) in [5.74, 6) is 0. The number of allylic oxidation sites excluding steroid dienone is 3. The molecule has 0 bridgehead atoms. The number of H-pyrrole nitrogens is 1. The lowest BCUT2D eigenvalue weighted by Crippen LogP contribution is -1.96. The van der Waals surface area contributed by atoms with E-state index in [4.69, 9.17) is 4.99 Å².